The number of hydrogen-bond acceptors (Lipinski definition) is 1. The van der Waals surface area contributed by atoms with E-state index in [1.54, 1.807) is 0 Å². The summed E-state index contributed by atoms with van der Waals surface area (Å²) in [6.07, 6.45) is 2.37. The van der Waals surface area contributed by atoms with Gasteiger partial charge in [-0.1, -0.05) is 78.0 Å². The largest absolute Gasteiger partial charge is 0.398 e. The first-order valence-corrected chi connectivity index (χ1v) is 7.60. The average molecular weight is 281 g/mol. The smallest absolute Gasteiger partial charge is 0.0397 e. The lowest BCUT2D eigenvalue weighted by Crippen LogP contribution is -2.14. The Morgan fingerprint density at radius 3 is 2.10 bits per heavy atom. The first-order chi connectivity index (χ1) is 9.59. The number of fused-ring (bicyclic) bond motifs is 1. The van der Waals surface area contributed by atoms with Gasteiger partial charge >= 0.3 is 0 Å². The number of hydrogen-bond donors (Lipinski definition) is 1. The molecule has 0 atom stereocenters. The lowest BCUT2D eigenvalue weighted by molar-refractivity contribution is 0.518. The van der Waals surface area contributed by atoms with E-state index >= 15 is 0 Å². The van der Waals surface area contributed by atoms with Crippen LogP contribution in [0.2, 0.25) is 0 Å². The van der Waals surface area contributed by atoms with Crippen LogP contribution in [0.15, 0.2) is 42.5 Å². The molecule has 0 fully saturated rings. The van der Waals surface area contributed by atoms with Gasteiger partial charge in [0.25, 0.3) is 0 Å². The Hall–Kier alpha value is -1.76. The molecule has 2 rings (SSSR count). The van der Waals surface area contributed by atoms with Crippen molar-refractivity contribution in [2.75, 3.05) is 5.73 Å². The van der Waals surface area contributed by atoms with Crippen LogP contribution in [-0.4, -0.2) is 0 Å². The number of nitrogen functional groups attached to an aromatic ring is 1. The van der Waals surface area contributed by atoms with Crippen LogP contribution >= 0.6 is 0 Å². The summed E-state index contributed by atoms with van der Waals surface area (Å²) < 4.78 is 0. The van der Waals surface area contributed by atoms with Crippen molar-refractivity contribution in [2.45, 2.75) is 41.5 Å². The molecule has 0 saturated carbocycles. The highest BCUT2D eigenvalue weighted by Crippen LogP contribution is 2.42. The van der Waals surface area contributed by atoms with Gasteiger partial charge in [-0.25, -0.2) is 0 Å². The molecule has 1 nitrogen and oxygen atoms in total. The lowest BCUT2D eigenvalue weighted by atomic mass is 9.76. The van der Waals surface area contributed by atoms with E-state index in [0.717, 1.165) is 5.69 Å². The monoisotopic (exact) mass is 281 g/mol. The molecule has 0 aliphatic heterocycles. The van der Waals surface area contributed by atoms with Gasteiger partial charge in [-0.05, 0) is 33.2 Å². The molecule has 0 aromatic heterocycles. The van der Waals surface area contributed by atoms with Crippen molar-refractivity contribution in [3.63, 3.8) is 0 Å². The summed E-state index contributed by atoms with van der Waals surface area (Å²) in [5, 5.41) is 2.48. The van der Waals surface area contributed by atoms with Crippen molar-refractivity contribution in [3.8, 4) is 0 Å². The fourth-order valence-electron chi connectivity index (χ4n) is 2.69. The standard InChI is InChI=1S/C20H27N/c1-19(2,3)13-16(20(4,5)6)18-15-10-8-7-9-14(15)11-12-17(18)21/h7-13H,21H2,1-6H3. The molecule has 2 aromatic carbocycles. The number of anilines is 1. The van der Waals surface area contributed by atoms with E-state index in [-0.39, 0.29) is 10.8 Å². The third kappa shape index (κ3) is 3.47. The SMILES string of the molecule is CC(C)(C)C=C(c1c(N)ccc2ccccc12)C(C)(C)C. The Morgan fingerprint density at radius 1 is 0.905 bits per heavy atom. The highest BCUT2D eigenvalue weighted by atomic mass is 14.6. The first-order valence-electron chi connectivity index (χ1n) is 7.60. The summed E-state index contributed by atoms with van der Waals surface area (Å²) in [6.45, 7) is 13.5. The maximum Gasteiger partial charge on any atom is 0.0397 e. The Morgan fingerprint density at radius 2 is 1.52 bits per heavy atom. The Bertz CT molecular complexity index is 679. The number of benzene rings is 2. The zero-order valence-electron chi connectivity index (χ0n) is 14.1. The third-order valence-corrected chi connectivity index (χ3v) is 3.62. The molecule has 0 bridgehead atoms. The van der Waals surface area contributed by atoms with E-state index in [0.29, 0.717) is 0 Å². The van der Waals surface area contributed by atoms with Gasteiger partial charge in [0.2, 0.25) is 0 Å². The topological polar surface area (TPSA) is 26.0 Å². The van der Waals surface area contributed by atoms with E-state index in [1.807, 2.05) is 6.07 Å². The normalized spacial score (nSPS) is 13.7. The molecule has 0 aliphatic rings. The molecule has 0 unspecified atom stereocenters. The minimum absolute atomic E-state index is 0.0471. The van der Waals surface area contributed by atoms with Crippen molar-refractivity contribution in [1.29, 1.82) is 0 Å². The van der Waals surface area contributed by atoms with Gasteiger partial charge in [0.05, 0.1) is 0 Å². The highest BCUT2D eigenvalue weighted by Gasteiger charge is 2.24. The van der Waals surface area contributed by atoms with Gasteiger partial charge in [0.15, 0.2) is 0 Å². The van der Waals surface area contributed by atoms with Crippen LogP contribution in [0.3, 0.4) is 0 Å². The molecule has 0 aliphatic carbocycles. The minimum Gasteiger partial charge on any atom is -0.398 e. The Labute approximate surface area is 128 Å². The summed E-state index contributed by atoms with van der Waals surface area (Å²) >= 11 is 0. The van der Waals surface area contributed by atoms with Gasteiger partial charge < -0.3 is 5.73 Å². The zero-order chi connectivity index (χ0) is 15.8. The van der Waals surface area contributed by atoms with Crippen LogP contribution < -0.4 is 5.73 Å². The van der Waals surface area contributed by atoms with E-state index in [2.05, 4.69) is 78.0 Å². The molecule has 2 aromatic rings. The first kappa shape index (κ1) is 15.6. The second kappa shape index (κ2) is 5.22. The predicted octanol–water partition coefficient (Wildman–Crippen LogP) is 5.90. The zero-order valence-corrected chi connectivity index (χ0v) is 14.1. The second-order valence-electron chi connectivity index (χ2n) is 7.92. The molecule has 0 radical (unpaired) electrons. The summed E-state index contributed by atoms with van der Waals surface area (Å²) in [4.78, 5) is 0. The number of allylic oxidation sites excluding steroid dienone is 2. The minimum atomic E-state index is 0.0471. The van der Waals surface area contributed by atoms with Gasteiger partial charge in [-0.15, -0.1) is 0 Å². The molecule has 0 spiro atoms. The van der Waals surface area contributed by atoms with Gasteiger partial charge in [-0.2, -0.15) is 0 Å². The van der Waals surface area contributed by atoms with E-state index in [9.17, 15) is 0 Å². The van der Waals surface area contributed by atoms with Crippen LogP contribution in [0.1, 0.15) is 47.1 Å². The fourth-order valence-corrected chi connectivity index (χ4v) is 2.69. The van der Waals surface area contributed by atoms with Crippen LogP contribution in [0.4, 0.5) is 5.69 Å². The molecule has 0 heterocycles. The number of nitrogens with two attached hydrogens (primary N) is 1. The molecule has 112 valence electrons. The predicted molar refractivity (Wildman–Crippen MR) is 95.2 cm³/mol. The van der Waals surface area contributed by atoms with Crippen LogP contribution in [-0.2, 0) is 0 Å². The number of rotatable bonds is 1. The van der Waals surface area contributed by atoms with Crippen molar-refractivity contribution in [3.05, 3.63) is 48.0 Å². The summed E-state index contributed by atoms with van der Waals surface area (Å²) in [5.41, 5.74) is 9.90. The molecule has 1 heteroatoms. The average Bonchev–Trinajstić information content (AvgIpc) is 2.34. The van der Waals surface area contributed by atoms with Gasteiger partial charge in [0, 0.05) is 11.3 Å². The van der Waals surface area contributed by atoms with Crippen LogP contribution in [0.5, 0.6) is 0 Å². The summed E-state index contributed by atoms with van der Waals surface area (Å²) in [5.74, 6) is 0. The molecule has 21 heavy (non-hydrogen) atoms. The molecule has 0 saturated heterocycles. The van der Waals surface area contributed by atoms with Crippen molar-refractivity contribution in [2.24, 2.45) is 10.8 Å². The Kier molecular flexibility index (Phi) is 3.88. The molecule has 2 N–H and O–H groups in total. The quantitative estimate of drug-likeness (QED) is 0.647. The van der Waals surface area contributed by atoms with E-state index < -0.39 is 0 Å². The molecular formula is C20H27N. The lowest BCUT2D eigenvalue weighted by Gasteiger charge is -2.29. The summed E-state index contributed by atoms with van der Waals surface area (Å²) in [6, 6.07) is 12.6. The van der Waals surface area contributed by atoms with Crippen molar-refractivity contribution >= 4 is 22.0 Å². The van der Waals surface area contributed by atoms with Crippen molar-refractivity contribution < 1.29 is 0 Å². The van der Waals surface area contributed by atoms with Gasteiger partial charge in [0.1, 0.15) is 0 Å². The molecular weight excluding hydrogens is 254 g/mol. The van der Waals surface area contributed by atoms with E-state index in [4.69, 9.17) is 5.73 Å². The van der Waals surface area contributed by atoms with E-state index in [1.165, 1.54) is 21.9 Å². The van der Waals surface area contributed by atoms with Crippen LogP contribution in [0.25, 0.3) is 16.3 Å². The van der Waals surface area contributed by atoms with Crippen molar-refractivity contribution in [1.82, 2.24) is 0 Å². The maximum absolute atomic E-state index is 6.36. The Balaban J connectivity index is 2.84. The fraction of sp³-hybridized carbons (Fsp3) is 0.400. The third-order valence-electron chi connectivity index (χ3n) is 3.62. The van der Waals surface area contributed by atoms with Gasteiger partial charge in [-0.3, -0.25) is 0 Å². The highest BCUT2D eigenvalue weighted by molar-refractivity contribution is 5.99. The summed E-state index contributed by atoms with van der Waals surface area (Å²) in [7, 11) is 0. The molecule has 0 amide bonds. The van der Waals surface area contributed by atoms with Crippen LogP contribution in [0, 0.1) is 10.8 Å². The maximum atomic E-state index is 6.36. The second-order valence-corrected chi connectivity index (χ2v) is 7.92.